The number of nitrogens with one attached hydrogen (secondary N) is 1. The lowest BCUT2D eigenvalue weighted by molar-refractivity contribution is 0.0693. The summed E-state index contributed by atoms with van der Waals surface area (Å²) in [5.74, 6) is 0.537. The van der Waals surface area contributed by atoms with Crippen LogP contribution < -0.4 is 9.46 Å². The number of sulfonamides is 1. The van der Waals surface area contributed by atoms with Crippen molar-refractivity contribution in [1.82, 2.24) is 4.72 Å². The Labute approximate surface area is 121 Å². The van der Waals surface area contributed by atoms with Gasteiger partial charge in [-0.3, -0.25) is 0 Å². The fourth-order valence-electron chi connectivity index (χ4n) is 1.47. The van der Waals surface area contributed by atoms with Crippen LogP contribution in [0.5, 0.6) is 5.75 Å². The van der Waals surface area contributed by atoms with Crippen molar-refractivity contribution < 1.29 is 23.1 Å². The summed E-state index contributed by atoms with van der Waals surface area (Å²) in [6, 6.07) is 1.43. The van der Waals surface area contributed by atoms with Crippen molar-refractivity contribution in [2.75, 3.05) is 7.11 Å². The Kier molecular flexibility index (Phi) is 5.00. The maximum Gasteiger partial charge on any atom is 0.339 e. The molecule has 2 N–H and O–H groups in total. The number of halogens is 1. The molecule has 0 bridgehead atoms. The molecular weight excluding hydrogens is 306 g/mol. The first kappa shape index (κ1) is 16.3. The first-order chi connectivity index (χ1) is 9.22. The molecule has 0 aromatic heterocycles. The summed E-state index contributed by atoms with van der Waals surface area (Å²) < 4.78 is 31.4. The molecule has 1 rings (SSSR count). The predicted octanol–water partition coefficient (Wildman–Crippen LogP) is 1.35. The standard InChI is InChI=1S/C12H12ClNO5S/c1-4-7(2)14-20(17,18)10-6-8(13)5-9(12(15)16)11(10)19-3/h1,5-7,14H,2-3H3,(H,15,16). The fourth-order valence-corrected chi connectivity index (χ4v) is 3.13. The van der Waals surface area contributed by atoms with Gasteiger partial charge in [-0.05, 0) is 19.1 Å². The number of methoxy groups -OCH3 is 1. The molecule has 1 unspecified atom stereocenters. The number of ether oxygens (including phenoxy) is 1. The Hall–Kier alpha value is -1.75. The zero-order valence-corrected chi connectivity index (χ0v) is 12.2. The van der Waals surface area contributed by atoms with Crippen molar-refractivity contribution in [1.29, 1.82) is 0 Å². The van der Waals surface area contributed by atoms with Gasteiger partial charge < -0.3 is 9.84 Å². The van der Waals surface area contributed by atoms with Gasteiger partial charge in [0.2, 0.25) is 10.0 Å². The van der Waals surface area contributed by atoms with Gasteiger partial charge in [0.15, 0.2) is 5.75 Å². The normalized spacial score (nSPS) is 12.5. The van der Waals surface area contributed by atoms with Crippen LogP contribution in [0.15, 0.2) is 17.0 Å². The molecule has 6 nitrogen and oxygen atoms in total. The summed E-state index contributed by atoms with van der Waals surface area (Å²) in [6.45, 7) is 1.46. The zero-order valence-electron chi connectivity index (χ0n) is 10.7. The van der Waals surface area contributed by atoms with Gasteiger partial charge in [0, 0.05) is 5.02 Å². The van der Waals surface area contributed by atoms with E-state index in [1.165, 1.54) is 14.0 Å². The molecule has 8 heteroatoms. The van der Waals surface area contributed by atoms with Crippen LogP contribution in [0.4, 0.5) is 0 Å². The van der Waals surface area contributed by atoms with Crippen LogP contribution in [0.25, 0.3) is 0 Å². The minimum Gasteiger partial charge on any atom is -0.494 e. The van der Waals surface area contributed by atoms with E-state index in [2.05, 4.69) is 10.6 Å². The number of carboxylic acid groups (broad SMARTS) is 1. The predicted molar refractivity (Wildman–Crippen MR) is 73.6 cm³/mol. The summed E-state index contributed by atoms with van der Waals surface area (Å²) in [5, 5.41) is 9.01. The lowest BCUT2D eigenvalue weighted by Crippen LogP contribution is -2.31. The van der Waals surface area contributed by atoms with Gasteiger partial charge in [-0.1, -0.05) is 17.5 Å². The number of carboxylic acids is 1. The molecule has 108 valence electrons. The number of benzene rings is 1. The SMILES string of the molecule is C#CC(C)NS(=O)(=O)c1cc(Cl)cc(C(=O)O)c1OC. The van der Waals surface area contributed by atoms with Gasteiger partial charge >= 0.3 is 5.97 Å². The van der Waals surface area contributed by atoms with E-state index < -0.39 is 22.0 Å². The van der Waals surface area contributed by atoms with Gasteiger partial charge in [0.25, 0.3) is 0 Å². The third-order valence-corrected chi connectivity index (χ3v) is 4.09. The smallest absolute Gasteiger partial charge is 0.339 e. The highest BCUT2D eigenvalue weighted by Gasteiger charge is 2.26. The third-order valence-electron chi connectivity index (χ3n) is 2.33. The lowest BCUT2D eigenvalue weighted by atomic mass is 10.2. The molecule has 1 aromatic carbocycles. The number of aromatic carboxylic acids is 1. The summed E-state index contributed by atoms with van der Waals surface area (Å²) in [4.78, 5) is 10.7. The van der Waals surface area contributed by atoms with Crippen LogP contribution in [-0.4, -0.2) is 32.6 Å². The third kappa shape index (κ3) is 3.42. The molecule has 0 radical (unpaired) electrons. The molecule has 0 aliphatic rings. The number of terminal acetylenes is 1. The largest absolute Gasteiger partial charge is 0.494 e. The summed E-state index contributed by atoms with van der Waals surface area (Å²) in [7, 11) is -2.89. The Balaban J connectivity index is 3.53. The highest BCUT2D eigenvalue weighted by molar-refractivity contribution is 7.89. The maximum atomic E-state index is 12.2. The highest BCUT2D eigenvalue weighted by atomic mass is 35.5. The van der Waals surface area contributed by atoms with Crippen LogP contribution in [0.1, 0.15) is 17.3 Å². The molecule has 20 heavy (non-hydrogen) atoms. The van der Waals surface area contributed by atoms with E-state index in [9.17, 15) is 13.2 Å². The average Bonchev–Trinajstić information content (AvgIpc) is 2.36. The fraction of sp³-hybridized carbons (Fsp3) is 0.250. The number of hydrogen-bond donors (Lipinski definition) is 2. The molecule has 0 saturated heterocycles. The molecule has 0 amide bonds. The van der Waals surface area contributed by atoms with E-state index in [1.807, 2.05) is 0 Å². The van der Waals surface area contributed by atoms with E-state index in [0.29, 0.717) is 0 Å². The minimum absolute atomic E-state index is 0.0445. The molecular formula is C12H12ClNO5S. The van der Waals surface area contributed by atoms with Crippen molar-refractivity contribution in [2.24, 2.45) is 0 Å². The van der Waals surface area contributed by atoms with Gasteiger partial charge in [0.05, 0.1) is 13.2 Å². The number of hydrogen-bond acceptors (Lipinski definition) is 4. The van der Waals surface area contributed by atoms with Crippen molar-refractivity contribution in [2.45, 2.75) is 17.9 Å². The second-order valence-corrected chi connectivity index (χ2v) is 5.92. The lowest BCUT2D eigenvalue weighted by Gasteiger charge is -2.14. The topological polar surface area (TPSA) is 92.7 Å². The number of carbonyl (C=O) groups is 1. The zero-order chi connectivity index (χ0) is 15.5. The van der Waals surface area contributed by atoms with Crippen LogP contribution >= 0.6 is 11.6 Å². The first-order valence-electron chi connectivity index (χ1n) is 5.32. The molecule has 0 aliphatic carbocycles. The van der Waals surface area contributed by atoms with E-state index in [4.69, 9.17) is 27.9 Å². The number of rotatable bonds is 5. The van der Waals surface area contributed by atoms with Crippen LogP contribution in [0.3, 0.4) is 0 Å². The monoisotopic (exact) mass is 317 g/mol. The summed E-state index contributed by atoms with van der Waals surface area (Å²) in [5.41, 5.74) is -0.353. The van der Waals surface area contributed by atoms with E-state index in [0.717, 1.165) is 12.1 Å². The molecule has 1 aromatic rings. The molecule has 0 spiro atoms. The second-order valence-electron chi connectivity index (χ2n) is 3.80. The first-order valence-corrected chi connectivity index (χ1v) is 7.18. The summed E-state index contributed by atoms with van der Waals surface area (Å²) in [6.07, 6.45) is 5.11. The van der Waals surface area contributed by atoms with Gasteiger partial charge in [0.1, 0.15) is 10.5 Å². The minimum atomic E-state index is -4.06. The van der Waals surface area contributed by atoms with Crippen molar-refractivity contribution in [3.05, 3.63) is 22.7 Å². The Morgan fingerprint density at radius 1 is 1.55 bits per heavy atom. The molecule has 1 atom stereocenters. The Morgan fingerprint density at radius 3 is 2.60 bits per heavy atom. The van der Waals surface area contributed by atoms with Gasteiger partial charge in [-0.15, -0.1) is 6.42 Å². The molecule has 0 saturated carbocycles. The summed E-state index contributed by atoms with van der Waals surface area (Å²) >= 11 is 5.75. The molecule has 0 heterocycles. The van der Waals surface area contributed by atoms with E-state index >= 15 is 0 Å². The van der Waals surface area contributed by atoms with Crippen molar-refractivity contribution >= 4 is 27.6 Å². The average molecular weight is 318 g/mol. The quantitative estimate of drug-likeness (QED) is 0.800. The molecule has 0 aliphatic heterocycles. The van der Waals surface area contributed by atoms with Crippen molar-refractivity contribution in [3.63, 3.8) is 0 Å². The highest BCUT2D eigenvalue weighted by Crippen LogP contribution is 2.31. The van der Waals surface area contributed by atoms with E-state index in [-0.39, 0.29) is 21.2 Å². The van der Waals surface area contributed by atoms with Crippen molar-refractivity contribution in [3.8, 4) is 18.1 Å². The van der Waals surface area contributed by atoms with Crippen LogP contribution in [-0.2, 0) is 10.0 Å². The second kappa shape index (κ2) is 6.13. The van der Waals surface area contributed by atoms with Crippen LogP contribution in [0.2, 0.25) is 5.02 Å². The maximum absolute atomic E-state index is 12.2. The van der Waals surface area contributed by atoms with E-state index in [1.54, 1.807) is 0 Å². The Bertz CT molecular complexity index is 678. The Morgan fingerprint density at radius 2 is 2.15 bits per heavy atom. The van der Waals surface area contributed by atoms with Gasteiger partial charge in [-0.25, -0.2) is 13.2 Å². The molecule has 0 fully saturated rings. The van der Waals surface area contributed by atoms with Crippen LogP contribution in [0, 0.1) is 12.3 Å². The van der Waals surface area contributed by atoms with Gasteiger partial charge in [-0.2, -0.15) is 4.72 Å².